The molecule has 8 nitrogen and oxygen atoms in total. The van der Waals surface area contributed by atoms with E-state index >= 15 is 0 Å². The highest BCUT2D eigenvalue weighted by molar-refractivity contribution is 8.00. The monoisotopic (exact) mass is 485 g/mol. The molecule has 2 aromatic carbocycles. The molecular weight excluding hydrogens is 466 g/mol. The summed E-state index contributed by atoms with van der Waals surface area (Å²) in [7, 11) is 0. The quantitative estimate of drug-likeness (QED) is 0.349. The Hall–Kier alpha value is -3.43. The third-order valence-electron chi connectivity index (χ3n) is 4.48. The first-order valence-electron chi connectivity index (χ1n) is 10.0. The van der Waals surface area contributed by atoms with Crippen molar-refractivity contribution < 1.29 is 23.8 Å². The first-order chi connectivity index (χ1) is 16.1. The van der Waals surface area contributed by atoms with Crippen LogP contribution in [-0.2, 0) is 4.79 Å². The zero-order valence-corrected chi connectivity index (χ0v) is 18.9. The van der Waals surface area contributed by atoms with Crippen molar-refractivity contribution in [3.05, 3.63) is 71.4 Å². The van der Waals surface area contributed by atoms with Gasteiger partial charge in [0.1, 0.15) is 17.4 Å². The van der Waals surface area contributed by atoms with Gasteiger partial charge in [-0.05, 0) is 48.5 Å². The molecule has 2 N–H and O–H groups in total. The lowest BCUT2D eigenvalue weighted by Crippen LogP contribution is -2.28. The number of carbonyl (C=O) groups is 2. The van der Waals surface area contributed by atoms with E-state index in [1.807, 2.05) is 0 Å². The number of pyridine rings is 1. The van der Waals surface area contributed by atoms with Crippen molar-refractivity contribution in [3.8, 4) is 17.2 Å². The van der Waals surface area contributed by atoms with Gasteiger partial charge in [0.2, 0.25) is 12.7 Å². The maximum absolute atomic E-state index is 12.6. The third kappa shape index (κ3) is 6.30. The van der Waals surface area contributed by atoms with Gasteiger partial charge in [-0.3, -0.25) is 9.59 Å². The summed E-state index contributed by atoms with van der Waals surface area (Å²) in [5.74, 6) is 1.47. The van der Waals surface area contributed by atoms with Crippen LogP contribution in [-0.4, -0.2) is 42.5 Å². The molecule has 2 amide bonds. The second-order valence-corrected chi connectivity index (χ2v) is 8.22. The van der Waals surface area contributed by atoms with Gasteiger partial charge in [-0.1, -0.05) is 23.4 Å². The number of fused-ring (bicyclic) bond motifs is 1. The van der Waals surface area contributed by atoms with Crippen LogP contribution in [0.5, 0.6) is 17.2 Å². The molecule has 170 valence electrons. The molecule has 0 unspecified atom stereocenters. The molecule has 1 aliphatic rings. The summed E-state index contributed by atoms with van der Waals surface area (Å²) in [6.07, 6.45) is 1.58. The minimum absolute atomic E-state index is 0.0887. The van der Waals surface area contributed by atoms with E-state index in [4.69, 9.17) is 25.8 Å². The van der Waals surface area contributed by atoms with Gasteiger partial charge in [0.05, 0.1) is 17.9 Å². The Kier molecular flexibility index (Phi) is 7.54. The van der Waals surface area contributed by atoms with Crippen molar-refractivity contribution in [2.24, 2.45) is 0 Å². The highest BCUT2D eigenvalue weighted by atomic mass is 35.5. The van der Waals surface area contributed by atoms with Crippen LogP contribution in [0.2, 0.25) is 5.02 Å². The number of amides is 2. The van der Waals surface area contributed by atoms with E-state index in [9.17, 15) is 9.59 Å². The predicted octanol–water partition coefficient (Wildman–Crippen LogP) is 4.00. The molecule has 0 aliphatic carbocycles. The van der Waals surface area contributed by atoms with Crippen LogP contribution in [0.4, 0.5) is 5.69 Å². The van der Waals surface area contributed by atoms with E-state index in [0.29, 0.717) is 51.7 Å². The highest BCUT2D eigenvalue weighted by Crippen LogP contribution is 2.34. The second kappa shape index (κ2) is 10.9. The van der Waals surface area contributed by atoms with Crippen LogP contribution in [0.1, 0.15) is 10.4 Å². The minimum atomic E-state index is -0.290. The number of aromatic nitrogens is 1. The summed E-state index contributed by atoms with van der Waals surface area (Å²) in [6.45, 7) is 0.777. The summed E-state index contributed by atoms with van der Waals surface area (Å²) in [4.78, 5) is 29.2. The number of thioether (sulfide) groups is 1. The Balaban J connectivity index is 1.26. The van der Waals surface area contributed by atoms with Crippen molar-refractivity contribution >= 4 is 40.9 Å². The summed E-state index contributed by atoms with van der Waals surface area (Å²) in [5, 5.41) is 6.70. The van der Waals surface area contributed by atoms with Gasteiger partial charge in [0, 0.05) is 23.0 Å². The second-order valence-electron chi connectivity index (χ2n) is 6.82. The number of hydrogen-bond donors (Lipinski definition) is 2. The lowest BCUT2D eigenvalue weighted by Gasteiger charge is -2.10. The number of carbonyl (C=O) groups excluding carboxylic acids is 2. The normalized spacial score (nSPS) is 11.7. The lowest BCUT2D eigenvalue weighted by molar-refractivity contribution is -0.113. The third-order valence-corrected chi connectivity index (χ3v) is 5.74. The maximum Gasteiger partial charge on any atom is 0.254 e. The van der Waals surface area contributed by atoms with Crippen LogP contribution < -0.4 is 24.8 Å². The molecule has 0 saturated heterocycles. The zero-order valence-electron chi connectivity index (χ0n) is 17.4. The lowest BCUT2D eigenvalue weighted by atomic mass is 10.2. The molecule has 3 aromatic rings. The van der Waals surface area contributed by atoms with Gasteiger partial charge >= 0.3 is 0 Å². The standard InChI is InChI=1S/C23H20ClN3O5S/c24-15-3-6-17(7-4-15)30-11-10-25-22(29)18-2-1-9-26-23(18)33-13-21(28)27-16-5-8-19-20(12-16)32-14-31-19/h1-9,12H,10-11,13-14H2,(H,25,29)(H,27,28). The van der Waals surface area contributed by atoms with Crippen molar-refractivity contribution in [1.29, 1.82) is 0 Å². The Morgan fingerprint density at radius 2 is 1.91 bits per heavy atom. The number of nitrogens with zero attached hydrogens (tertiary/aromatic N) is 1. The van der Waals surface area contributed by atoms with E-state index < -0.39 is 0 Å². The Morgan fingerprint density at radius 3 is 2.76 bits per heavy atom. The van der Waals surface area contributed by atoms with Crippen molar-refractivity contribution in [2.75, 3.05) is 31.0 Å². The molecule has 0 atom stereocenters. The molecule has 1 aromatic heterocycles. The van der Waals surface area contributed by atoms with Crippen molar-refractivity contribution in [3.63, 3.8) is 0 Å². The van der Waals surface area contributed by atoms with Gasteiger partial charge in [0.25, 0.3) is 5.91 Å². The topological polar surface area (TPSA) is 98.8 Å². The fourth-order valence-electron chi connectivity index (χ4n) is 2.94. The highest BCUT2D eigenvalue weighted by Gasteiger charge is 2.16. The molecule has 0 radical (unpaired) electrons. The molecular formula is C23H20ClN3O5S. The number of anilines is 1. The molecule has 0 spiro atoms. The minimum Gasteiger partial charge on any atom is -0.492 e. The molecule has 0 fully saturated rings. The molecule has 10 heteroatoms. The van der Waals surface area contributed by atoms with E-state index in [-0.39, 0.29) is 24.4 Å². The number of ether oxygens (including phenoxy) is 3. The molecule has 4 rings (SSSR count). The molecule has 33 heavy (non-hydrogen) atoms. The number of rotatable bonds is 9. The Bertz CT molecular complexity index is 1140. The van der Waals surface area contributed by atoms with Crippen LogP contribution in [0.25, 0.3) is 0 Å². The number of benzene rings is 2. The van der Waals surface area contributed by atoms with Gasteiger partial charge in [-0.2, -0.15) is 0 Å². The van der Waals surface area contributed by atoms with Gasteiger partial charge < -0.3 is 24.8 Å². The maximum atomic E-state index is 12.6. The molecule has 0 saturated carbocycles. The van der Waals surface area contributed by atoms with Crippen LogP contribution in [0, 0.1) is 0 Å². The van der Waals surface area contributed by atoms with Crippen LogP contribution in [0.3, 0.4) is 0 Å². The van der Waals surface area contributed by atoms with E-state index in [0.717, 1.165) is 0 Å². The molecule has 2 heterocycles. The Labute approximate surface area is 199 Å². The zero-order chi connectivity index (χ0) is 23.0. The summed E-state index contributed by atoms with van der Waals surface area (Å²) in [5.41, 5.74) is 0.995. The largest absolute Gasteiger partial charge is 0.492 e. The van der Waals surface area contributed by atoms with Gasteiger partial charge in [0.15, 0.2) is 11.5 Å². The average Bonchev–Trinajstić information content (AvgIpc) is 3.30. The average molecular weight is 486 g/mol. The van der Waals surface area contributed by atoms with Crippen LogP contribution >= 0.6 is 23.4 Å². The summed E-state index contributed by atoms with van der Waals surface area (Å²) in [6, 6.07) is 15.5. The molecule has 0 bridgehead atoms. The fraction of sp³-hybridized carbons (Fsp3) is 0.174. The number of hydrogen-bond acceptors (Lipinski definition) is 7. The first kappa shape index (κ1) is 22.8. The van der Waals surface area contributed by atoms with E-state index in [1.54, 1.807) is 60.8 Å². The predicted molar refractivity (Wildman–Crippen MR) is 125 cm³/mol. The fourth-order valence-corrected chi connectivity index (χ4v) is 3.86. The van der Waals surface area contributed by atoms with Crippen LogP contribution in [0.15, 0.2) is 65.8 Å². The van der Waals surface area contributed by atoms with E-state index in [2.05, 4.69) is 15.6 Å². The first-order valence-corrected chi connectivity index (χ1v) is 11.4. The van der Waals surface area contributed by atoms with Crippen molar-refractivity contribution in [2.45, 2.75) is 5.03 Å². The van der Waals surface area contributed by atoms with E-state index in [1.165, 1.54) is 11.8 Å². The summed E-state index contributed by atoms with van der Waals surface area (Å²) < 4.78 is 16.2. The molecule has 1 aliphatic heterocycles. The van der Waals surface area contributed by atoms with Gasteiger partial charge in [-0.25, -0.2) is 4.98 Å². The number of halogens is 1. The summed E-state index contributed by atoms with van der Waals surface area (Å²) >= 11 is 7.03. The van der Waals surface area contributed by atoms with Crippen molar-refractivity contribution in [1.82, 2.24) is 10.3 Å². The van der Waals surface area contributed by atoms with Gasteiger partial charge in [-0.15, -0.1) is 0 Å². The smallest absolute Gasteiger partial charge is 0.254 e. The SMILES string of the molecule is O=C(CSc1ncccc1C(=O)NCCOc1ccc(Cl)cc1)Nc1ccc2c(c1)OCO2. The Morgan fingerprint density at radius 1 is 1.09 bits per heavy atom. The number of nitrogens with one attached hydrogen (secondary N) is 2.